The molecule has 4 heterocycles. The molecule has 2 aromatic heterocycles. The van der Waals surface area contributed by atoms with Crippen LogP contribution in [-0.4, -0.2) is 84.5 Å². The molecule has 0 bridgehead atoms. The molecule has 13 heteroatoms. The predicted octanol–water partition coefficient (Wildman–Crippen LogP) is 2.81. The molecule has 1 fully saturated rings. The van der Waals surface area contributed by atoms with Gasteiger partial charge in [0.05, 0.1) is 24.6 Å². The van der Waals surface area contributed by atoms with E-state index in [1.54, 1.807) is 18.9 Å². The summed E-state index contributed by atoms with van der Waals surface area (Å²) in [6.45, 7) is 3.63. The number of hydrogen-bond acceptors (Lipinski definition) is 9. The van der Waals surface area contributed by atoms with Crippen LogP contribution < -0.4 is 9.80 Å². The lowest BCUT2D eigenvalue weighted by Gasteiger charge is -2.47. The summed E-state index contributed by atoms with van der Waals surface area (Å²) >= 11 is 0. The van der Waals surface area contributed by atoms with Gasteiger partial charge in [-0.25, -0.2) is 28.1 Å². The van der Waals surface area contributed by atoms with E-state index in [9.17, 15) is 28.5 Å². The molecule has 1 amide bonds. The Balaban J connectivity index is 1.75. The molecule has 206 valence electrons. The number of aromatic nitrogens is 3. The number of nitriles is 2. The number of nitrogens with zero attached hydrogens (tertiary/aromatic N) is 8. The van der Waals surface area contributed by atoms with Crippen LogP contribution in [0.4, 0.5) is 30.5 Å². The second kappa shape index (κ2) is 10.7. The number of piperazine rings is 1. The van der Waals surface area contributed by atoms with Crippen LogP contribution >= 0.6 is 0 Å². The highest BCUT2D eigenvalue weighted by Crippen LogP contribution is 2.48. The molecular formula is C26H29F3N8O2. The van der Waals surface area contributed by atoms with Gasteiger partial charge in [0.2, 0.25) is 5.91 Å². The Kier molecular flexibility index (Phi) is 7.66. The number of methoxy groups -OCH3 is 1. The summed E-state index contributed by atoms with van der Waals surface area (Å²) in [5.41, 5.74) is -2.13. The van der Waals surface area contributed by atoms with E-state index in [1.807, 2.05) is 24.8 Å². The van der Waals surface area contributed by atoms with Crippen LogP contribution in [0.1, 0.15) is 32.0 Å². The van der Waals surface area contributed by atoms with Gasteiger partial charge in [-0.15, -0.1) is 0 Å². The Morgan fingerprint density at radius 2 is 1.87 bits per heavy atom. The summed E-state index contributed by atoms with van der Waals surface area (Å²) in [7, 11) is 1.56. The molecule has 0 spiro atoms. The lowest BCUT2D eigenvalue weighted by Crippen LogP contribution is -2.62. The van der Waals surface area contributed by atoms with Crippen molar-refractivity contribution < 1.29 is 22.7 Å². The van der Waals surface area contributed by atoms with E-state index in [0.717, 1.165) is 6.20 Å². The zero-order valence-corrected chi connectivity index (χ0v) is 22.2. The van der Waals surface area contributed by atoms with Crippen LogP contribution in [0, 0.1) is 33.9 Å². The van der Waals surface area contributed by atoms with Gasteiger partial charge in [0.15, 0.2) is 11.2 Å². The third-order valence-corrected chi connectivity index (χ3v) is 7.48. The summed E-state index contributed by atoms with van der Waals surface area (Å²) in [5, 5.41) is 18.7. The summed E-state index contributed by atoms with van der Waals surface area (Å²) < 4.78 is 47.8. The topological polar surface area (TPSA) is 122 Å². The highest BCUT2D eigenvalue weighted by molar-refractivity contribution is 5.86. The number of carbonyl (C=O) groups is 1. The molecule has 2 aromatic rings. The monoisotopic (exact) mass is 542 g/mol. The largest absolute Gasteiger partial charge is 0.384 e. The van der Waals surface area contributed by atoms with E-state index >= 15 is 0 Å². The standard InChI is InChI=1S/C26H29F3N8O2/c1-16-9-36(24(38)26(10-27,11-28)12-31)17(2)8-35(16)22-21-23(34-15-33-22)37(13-25(21,3)14-39-4)20-5-18(6-30)32-7-19(20)29/h5,7,15-17H,8-11,13-14H2,1-4H3/t16-,17+,25?/m0/s1. The third-order valence-electron chi connectivity index (χ3n) is 7.48. The first-order chi connectivity index (χ1) is 18.6. The molecule has 1 unspecified atom stereocenters. The van der Waals surface area contributed by atoms with Crippen molar-refractivity contribution in [2.75, 3.05) is 56.5 Å². The zero-order valence-electron chi connectivity index (χ0n) is 22.2. The first-order valence-electron chi connectivity index (χ1n) is 12.4. The van der Waals surface area contributed by atoms with Crippen molar-refractivity contribution in [3.8, 4) is 12.1 Å². The lowest BCUT2D eigenvalue weighted by molar-refractivity contribution is -0.143. The number of anilines is 3. The fraction of sp³-hybridized carbons (Fsp3) is 0.538. The maximum Gasteiger partial charge on any atom is 0.248 e. The number of alkyl halides is 2. The van der Waals surface area contributed by atoms with Gasteiger partial charge >= 0.3 is 0 Å². The quantitative estimate of drug-likeness (QED) is 0.520. The van der Waals surface area contributed by atoms with E-state index in [-0.39, 0.29) is 43.7 Å². The Morgan fingerprint density at radius 3 is 2.49 bits per heavy atom. The number of halogens is 3. The van der Waals surface area contributed by atoms with Crippen molar-refractivity contribution >= 4 is 23.2 Å². The molecule has 2 aliphatic rings. The summed E-state index contributed by atoms with van der Waals surface area (Å²) in [4.78, 5) is 30.9. The lowest BCUT2D eigenvalue weighted by atomic mass is 9.85. The number of hydrogen-bond donors (Lipinski definition) is 0. The van der Waals surface area contributed by atoms with Gasteiger partial charge in [0, 0.05) is 55.9 Å². The summed E-state index contributed by atoms with van der Waals surface area (Å²) in [5.74, 6) is -0.479. The van der Waals surface area contributed by atoms with Crippen LogP contribution in [0.15, 0.2) is 18.6 Å². The number of fused-ring (bicyclic) bond motifs is 1. The molecule has 10 nitrogen and oxygen atoms in total. The highest BCUT2D eigenvalue weighted by atomic mass is 19.1. The Hall–Kier alpha value is -3.97. The normalized spacial score (nSPS) is 22.8. The smallest absolute Gasteiger partial charge is 0.248 e. The summed E-state index contributed by atoms with van der Waals surface area (Å²) in [6, 6.07) is 3.99. The molecule has 4 rings (SSSR count). The van der Waals surface area contributed by atoms with Crippen molar-refractivity contribution in [1.29, 1.82) is 10.5 Å². The van der Waals surface area contributed by atoms with E-state index in [1.165, 1.54) is 23.4 Å². The van der Waals surface area contributed by atoms with Crippen LogP contribution in [-0.2, 0) is 14.9 Å². The van der Waals surface area contributed by atoms with Gasteiger partial charge in [0.25, 0.3) is 0 Å². The molecule has 0 saturated carbocycles. The van der Waals surface area contributed by atoms with Gasteiger partial charge in [-0.2, -0.15) is 10.5 Å². The van der Waals surface area contributed by atoms with Crippen molar-refractivity contribution in [2.24, 2.45) is 5.41 Å². The third kappa shape index (κ3) is 4.61. The molecular weight excluding hydrogens is 513 g/mol. The predicted molar refractivity (Wildman–Crippen MR) is 135 cm³/mol. The minimum absolute atomic E-state index is 0.0563. The number of pyridine rings is 1. The maximum atomic E-state index is 14.9. The van der Waals surface area contributed by atoms with Gasteiger partial charge in [-0.05, 0) is 13.8 Å². The molecule has 1 saturated heterocycles. The average Bonchev–Trinajstić information content (AvgIpc) is 3.23. The van der Waals surface area contributed by atoms with Crippen LogP contribution in [0.25, 0.3) is 0 Å². The average molecular weight is 543 g/mol. The number of ether oxygens (including phenoxy) is 1. The maximum absolute atomic E-state index is 14.9. The van der Waals surface area contributed by atoms with E-state index < -0.39 is 41.9 Å². The van der Waals surface area contributed by atoms with Crippen LogP contribution in [0.2, 0.25) is 0 Å². The van der Waals surface area contributed by atoms with Crippen LogP contribution in [0.5, 0.6) is 0 Å². The Morgan fingerprint density at radius 1 is 1.18 bits per heavy atom. The van der Waals surface area contributed by atoms with Gasteiger partial charge in [0.1, 0.15) is 43.1 Å². The first kappa shape index (κ1) is 28.0. The van der Waals surface area contributed by atoms with Crippen LogP contribution in [0.3, 0.4) is 0 Å². The minimum Gasteiger partial charge on any atom is -0.384 e. The molecule has 0 N–H and O–H groups in total. The van der Waals surface area contributed by atoms with Crippen molar-refractivity contribution in [3.05, 3.63) is 35.7 Å². The fourth-order valence-electron chi connectivity index (χ4n) is 5.40. The van der Waals surface area contributed by atoms with Gasteiger partial charge in [-0.3, -0.25) is 4.79 Å². The van der Waals surface area contributed by atoms with E-state index in [0.29, 0.717) is 17.2 Å². The van der Waals surface area contributed by atoms with E-state index in [4.69, 9.17) is 4.74 Å². The zero-order chi connectivity index (χ0) is 28.5. The SMILES string of the molecule is COCC1(C)CN(c2cc(C#N)ncc2F)c2ncnc(N3C[C@@H](C)N(C(=O)C(C#N)(CF)CF)C[C@@H]3C)c21. The first-order valence-corrected chi connectivity index (χ1v) is 12.4. The number of carbonyl (C=O) groups excluding carboxylic acids is 1. The van der Waals surface area contributed by atoms with Crippen molar-refractivity contribution in [3.63, 3.8) is 0 Å². The second-order valence-corrected chi connectivity index (χ2v) is 10.4. The Bertz CT molecular complexity index is 1340. The minimum atomic E-state index is -2.36. The molecule has 0 aliphatic carbocycles. The number of rotatable bonds is 7. The van der Waals surface area contributed by atoms with E-state index in [2.05, 4.69) is 15.0 Å². The molecule has 0 aromatic carbocycles. The molecule has 3 atom stereocenters. The fourth-order valence-corrected chi connectivity index (χ4v) is 5.40. The summed E-state index contributed by atoms with van der Waals surface area (Å²) in [6.07, 6.45) is 2.36. The number of amides is 1. The van der Waals surface area contributed by atoms with Crippen molar-refractivity contribution in [2.45, 2.75) is 38.3 Å². The molecule has 2 aliphatic heterocycles. The van der Waals surface area contributed by atoms with Gasteiger partial charge < -0.3 is 19.4 Å². The molecule has 39 heavy (non-hydrogen) atoms. The Labute approximate surface area is 224 Å². The highest BCUT2D eigenvalue weighted by Gasteiger charge is 2.49. The molecule has 0 radical (unpaired) electrons. The van der Waals surface area contributed by atoms with Crippen molar-refractivity contribution in [1.82, 2.24) is 19.9 Å². The van der Waals surface area contributed by atoms with Gasteiger partial charge in [-0.1, -0.05) is 6.92 Å². The second-order valence-electron chi connectivity index (χ2n) is 10.4.